The standard InChI is InChI=1S/C15H20N2O2/c18-15(16-13-5-7-19-8-6-13)17-14-9-11-3-1-2-4-12(11)10-14/h1-4,13-14H,5-10H2,(H2,16,17,18). The molecule has 1 aliphatic heterocycles. The Balaban J connectivity index is 1.49. The fourth-order valence-corrected chi connectivity index (χ4v) is 2.92. The van der Waals surface area contributed by atoms with Gasteiger partial charge in [-0.2, -0.15) is 0 Å². The minimum Gasteiger partial charge on any atom is -0.381 e. The third kappa shape index (κ3) is 3.07. The molecule has 4 nitrogen and oxygen atoms in total. The van der Waals surface area contributed by atoms with E-state index in [1.165, 1.54) is 11.1 Å². The Kier molecular flexibility index (Phi) is 3.69. The summed E-state index contributed by atoms with van der Waals surface area (Å²) in [6, 6.07) is 8.87. The van der Waals surface area contributed by atoms with Gasteiger partial charge in [0.25, 0.3) is 0 Å². The molecule has 0 atom stereocenters. The van der Waals surface area contributed by atoms with Gasteiger partial charge < -0.3 is 15.4 Å². The fraction of sp³-hybridized carbons (Fsp3) is 0.533. The highest BCUT2D eigenvalue weighted by molar-refractivity contribution is 5.74. The van der Waals surface area contributed by atoms with Crippen LogP contribution in [0.15, 0.2) is 24.3 Å². The lowest BCUT2D eigenvalue weighted by Crippen LogP contribution is -2.48. The van der Waals surface area contributed by atoms with Gasteiger partial charge in [0.05, 0.1) is 0 Å². The summed E-state index contributed by atoms with van der Waals surface area (Å²) < 4.78 is 5.29. The van der Waals surface area contributed by atoms with Crippen molar-refractivity contribution in [2.24, 2.45) is 0 Å². The van der Waals surface area contributed by atoms with E-state index in [9.17, 15) is 4.79 Å². The third-order valence-electron chi connectivity index (χ3n) is 3.94. The molecule has 1 heterocycles. The number of rotatable bonds is 2. The average Bonchev–Trinajstić information content (AvgIpc) is 2.81. The molecule has 2 N–H and O–H groups in total. The van der Waals surface area contributed by atoms with E-state index >= 15 is 0 Å². The smallest absolute Gasteiger partial charge is 0.315 e. The van der Waals surface area contributed by atoms with Crippen LogP contribution >= 0.6 is 0 Å². The van der Waals surface area contributed by atoms with Gasteiger partial charge in [-0.3, -0.25) is 0 Å². The Hall–Kier alpha value is -1.55. The highest BCUT2D eigenvalue weighted by atomic mass is 16.5. The monoisotopic (exact) mass is 260 g/mol. The van der Waals surface area contributed by atoms with Gasteiger partial charge in [-0.15, -0.1) is 0 Å². The summed E-state index contributed by atoms with van der Waals surface area (Å²) in [6.45, 7) is 1.50. The van der Waals surface area contributed by atoms with Crippen LogP contribution in [0, 0.1) is 0 Å². The lowest BCUT2D eigenvalue weighted by molar-refractivity contribution is 0.0800. The van der Waals surface area contributed by atoms with E-state index in [4.69, 9.17) is 4.74 Å². The molecule has 3 rings (SSSR count). The summed E-state index contributed by atoms with van der Waals surface area (Å²) in [5.41, 5.74) is 2.72. The number of hydrogen-bond donors (Lipinski definition) is 2. The minimum atomic E-state index is -0.0373. The number of amides is 2. The summed E-state index contributed by atoms with van der Waals surface area (Å²) in [4.78, 5) is 12.0. The lowest BCUT2D eigenvalue weighted by Gasteiger charge is -2.24. The predicted octanol–water partition coefficient (Wildman–Crippen LogP) is 1.63. The van der Waals surface area contributed by atoms with E-state index in [0.717, 1.165) is 38.9 Å². The van der Waals surface area contributed by atoms with Crippen LogP contribution in [0.1, 0.15) is 24.0 Å². The maximum absolute atomic E-state index is 12.0. The molecule has 0 unspecified atom stereocenters. The molecule has 2 aliphatic rings. The first-order valence-electron chi connectivity index (χ1n) is 7.03. The normalized spacial score (nSPS) is 20.0. The molecule has 1 fully saturated rings. The molecule has 1 saturated heterocycles. The van der Waals surface area contributed by atoms with Crippen LogP contribution in [-0.4, -0.2) is 31.3 Å². The number of carbonyl (C=O) groups is 1. The van der Waals surface area contributed by atoms with E-state index < -0.39 is 0 Å². The Bertz CT molecular complexity index is 430. The summed E-state index contributed by atoms with van der Waals surface area (Å²) in [5.74, 6) is 0. The summed E-state index contributed by atoms with van der Waals surface area (Å²) in [7, 11) is 0. The molecule has 102 valence electrons. The zero-order valence-electron chi connectivity index (χ0n) is 11.0. The Morgan fingerprint density at radius 3 is 2.21 bits per heavy atom. The number of fused-ring (bicyclic) bond motifs is 1. The quantitative estimate of drug-likeness (QED) is 0.849. The molecule has 1 aromatic carbocycles. The second-order valence-corrected chi connectivity index (χ2v) is 5.38. The molecule has 0 radical (unpaired) electrons. The average molecular weight is 260 g/mol. The van der Waals surface area contributed by atoms with Crippen molar-refractivity contribution in [3.05, 3.63) is 35.4 Å². The van der Waals surface area contributed by atoms with Crippen LogP contribution in [0.4, 0.5) is 4.79 Å². The Morgan fingerprint density at radius 1 is 1.00 bits per heavy atom. The molecule has 0 spiro atoms. The number of carbonyl (C=O) groups excluding carboxylic acids is 1. The van der Waals surface area contributed by atoms with Crippen LogP contribution in [0.3, 0.4) is 0 Å². The highest BCUT2D eigenvalue weighted by Gasteiger charge is 2.23. The van der Waals surface area contributed by atoms with Gasteiger partial charge in [-0.1, -0.05) is 24.3 Å². The third-order valence-corrected chi connectivity index (χ3v) is 3.94. The zero-order chi connectivity index (χ0) is 13.1. The number of ether oxygens (including phenoxy) is 1. The molecule has 4 heteroatoms. The number of urea groups is 1. The van der Waals surface area contributed by atoms with E-state index in [2.05, 4.69) is 34.9 Å². The predicted molar refractivity (Wildman–Crippen MR) is 73.1 cm³/mol. The SMILES string of the molecule is O=C(NC1CCOCC1)NC1Cc2ccccc2C1. The van der Waals surface area contributed by atoms with Gasteiger partial charge >= 0.3 is 6.03 Å². The molecule has 1 aliphatic carbocycles. The van der Waals surface area contributed by atoms with Gasteiger partial charge in [-0.25, -0.2) is 4.79 Å². The molecule has 1 aromatic rings. The van der Waals surface area contributed by atoms with Crippen molar-refractivity contribution >= 4 is 6.03 Å². The lowest BCUT2D eigenvalue weighted by atomic mass is 10.1. The molecular weight excluding hydrogens is 240 g/mol. The second kappa shape index (κ2) is 5.61. The maximum atomic E-state index is 12.0. The van der Waals surface area contributed by atoms with Crippen molar-refractivity contribution in [1.29, 1.82) is 0 Å². The molecular formula is C15H20N2O2. The van der Waals surface area contributed by atoms with Crippen LogP contribution in [0.25, 0.3) is 0 Å². The van der Waals surface area contributed by atoms with E-state index in [-0.39, 0.29) is 18.1 Å². The molecule has 0 aromatic heterocycles. The molecule has 0 saturated carbocycles. The largest absolute Gasteiger partial charge is 0.381 e. The van der Waals surface area contributed by atoms with Crippen molar-refractivity contribution in [3.63, 3.8) is 0 Å². The number of hydrogen-bond acceptors (Lipinski definition) is 2. The molecule has 19 heavy (non-hydrogen) atoms. The van der Waals surface area contributed by atoms with Gasteiger partial charge in [0.2, 0.25) is 0 Å². The fourth-order valence-electron chi connectivity index (χ4n) is 2.92. The molecule has 0 bridgehead atoms. The maximum Gasteiger partial charge on any atom is 0.315 e. The van der Waals surface area contributed by atoms with E-state index in [1.54, 1.807) is 0 Å². The van der Waals surface area contributed by atoms with Crippen LogP contribution < -0.4 is 10.6 Å². The Labute approximate surface area is 113 Å². The van der Waals surface area contributed by atoms with Crippen LogP contribution in [0.5, 0.6) is 0 Å². The number of nitrogens with one attached hydrogen (secondary N) is 2. The van der Waals surface area contributed by atoms with Gasteiger partial charge in [-0.05, 0) is 36.8 Å². The summed E-state index contributed by atoms with van der Waals surface area (Å²) in [5, 5.41) is 6.12. The van der Waals surface area contributed by atoms with Crippen molar-refractivity contribution in [2.45, 2.75) is 37.8 Å². The zero-order valence-corrected chi connectivity index (χ0v) is 11.0. The Morgan fingerprint density at radius 2 is 1.58 bits per heavy atom. The first-order chi connectivity index (χ1) is 9.31. The van der Waals surface area contributed by atoms with Gasteiger partial charge in [0, 0.05) is 25.3 Å². The topological polar surface area (TPSA) is 50.4 Å². The van der Waals surface area contributed by atoms with Crippen molar-refractivity contribution in [3.8, 4) is 0 Å². The second-order valence-electron chi connectivity index (χ2n) is 5.38. The van der Waals surface area contributed by atoms with E-state index in [0.29, 0.717) is 0 Å². The van der Waals surface area contributed by atoms with Crippen LogP contribution in [0.2, 0.25) is 0 Å². The first kappa shape index (κ1) is 12.5. The first-order valence-corrected chi connectivity index (χ1v) is 7.03. The van der Waals surface area contributed by atoms with Crippen molar-refractivity contribution < 1.29 is 9.53 Å². The minimum absolute atomic E-state index is 0.0373. The summed E-state index contributed by atoms with van der Waals surface area (Å²) >= 11 is 0. The van der Waals surface area contributed by atoms with Crippen molar-refractivity contribution in [2.75, 3.05) is 13.2 Å². The number of benzene rings is 1. The molecule has 2 amide bonds. The van der Waals surface area contributed by atoms with Crippen molar-refractivity contribution in [1.82, 2.24) is 10.6 Å². The van der Waals surface area contributed by atoms with Crippen LogP contribution in [-0.2, 0) is 17.6 Å². The van der Waals surface area contributed by atoms with Gasteiger partial charge in [0.15, 0.2) is 0 Å². The highest BCUT2D eigenvalue weighted by Crippen LogP contribution is 2.21. The van der Waals surface area contributed by atoms with Gasteiger partial charge in [0.1, 0.15) is 0 Å². The van der Waals surface area contributed by atoms with E-state index in [1.807, 2.05) is 0 Å². The summed E-state index contributed by atoms with van der Waals surface area (Å²) in [6.07, 6.45) is 3.71.